The maximum absolute atomic E-state index is 10.9. The Balaban J connectivity index is 2.28. The number of aromatic carboxylic acids is 1. The van der Waals surface area contributed by atoms with Gasteiger partial charge in [-0.2, -0.15) is 0 Å². The molecular weight excluding hydrogens is 222 g/mol. The molecule has 0 aromatic carbocycles. The van der Waals surface area contributed by atoms with Crippen LogP contribution in [-0.4, -0.2) is 40.9 Å². The number of nitrogen functional groups attached to an aromatic ring is 1. The first kappa shape index (κ1) is 11.7. The van der Waals surface area contributed by atoms with Crippen LogP contribution < -0.4 is 10.6 Å². The van der Waals surface area contributed by atoms with Gasteiger partial charge >= 0.3 is 5.97 Å². The Morgan fingerprint density at radius 2 is 2.41 bits per heavy atom. The van der Waals surface area contributed by atoms with Crippen molar-refractivity contribution in [2.45, 2.75) is 6.42 Å². The number of carbonyl (C=O) groups is 1. The largest absolute Gasteiger partial charge is 0.478 e. The highest BCUT2D eigenvalue weighted by molar-refractivity contribution is 5.96. The quantitative estimate of drug-likeness (QED) is 0.693. The number of nitrogens with zero attached hydrogens (tertiary/aromatic N) is 2. The Morgan fingerprint density at radius 1 is 1.65 bits per heavy atom. The van der Waals surface area contributed by atoms with E-state index < -0.39 is 5.97 Å². The third-order valence-electron chi connectivity index (χ3n) is 3.04. The molecule has 4 N–H and O–H groups in total. The summed E-state index contributed by atoms with van der Waals surface area (Å²) in [6, 6.07) is 1.39. The number of aliphatic hydroxyl groups is 1. The lowest BCUT2D eigenvalue weighted by Crippen LogP contribution is -2.23. The van der Waals surface area contributed by atoms with E-state index in [1.807, 2.05) is 4.90 Å². The molecule has 1 unspecified atom stereocenters. The first-order valence-electron chi connectivity index (χ1n) is 5.47. The van der Waals surface area contributed by atoms with Crippen molar-refractivity contribution in [3.8, 4) is 0 Å². The second-order valence-corrected chi connectivity index (χ2v) is 4.18. The van der Waals surface area contributed by atoms with Crippen molar-refractivity contribution in [1.29, 1.82) is 0 Å². The normalized spacial score (nSPS) is 19.6. The number of aliphatic hydroxyl groups excluding tert-OH is 1. The van der Waals surface area contributed by atoms with Crippen LogP contribution in [0.15, 0.2) is 12.3 Å². The molecule has 0 amide bonds. The van der Waals surface area contributed by atoms with Gasteiger partial charge in [0.25, 0.3) is 0 Å². The Bertz CT molecular complexity index is 436. The minimum Gasteiger partial charge on any atom is -0.478 e. The molecule has 0 aliphatic carbocycles. The van der Waals surface area contributed by atoms with Gasteiger partial charge in [0.2, 0.25) is 0 Å². The molecule has 0 bridgehead atoms. The van der Waals surface area contributed by atoms with Gasteiger partial charge < -0.3 is 20.8 Å². The van der Waals surface area contributed by atoms with Crippen LogP contribution >= 0.6 is 0 Å². The highest BCUT2D eigenvalue weighted by atomic mass is 16.4. The minimum atomic E-state index is -1.05. The molecule has 1 aliphatic rings. The molecule has 6 nitrogen and oxygen atoms in total. The lowest BCUT2D eigenvalue weighted by molar-refractivity contribution is 0.0698. The van der Waals surface area contributed by atoms with E-state index in [-0.39, 0.29) is 23.8 Å². The highest BCUT2D eigenvalue weighted by Crippen LogP contribution is 2.28. The first-order valence-corrected chi connectivity index (χ1v) is 5.47. The third-order valence-corrected chi connectivity index (χ3v) is 3.04. The summed E-state index contributed by atoms with van der Waals surface area (Å²) in [6.07, 6.45) is 2.32. The predicted octanol–water partition coefficient (Wildman–Crippen LogP) is 0.181. The van der Waals surface area contributed by atoms with E-state index in [2.05, 4.69) is 4.98 Å². The van der Waals surface area contributed by atoms with Crippen LogP contribution in [0.25, 0.3) is 0 Å². The number of pyridine rings is 1. The van der Waals surface area contributed by atoms with Crippen molar-refractivity contribution in [1.82, 2.24) is 4.98 Å². The van der Waals surface area contributed by atoms with Gasteiger partial charge in [-0.1, -0.05) is 0 Å². The summed E-state index contributed by atoms with van der Waals surface area (Å²) in [4.78, 5) is 17.0. The summed E-state index contributed by atoms with van der Waals surface area (Å²) in [7, 11) is 0. The Kier molecular flexibility index (Phi) is 3.14. The van der Waals surface area contributed by atoms with E-state index in [4.69, 9.17) is 15.9 Å². The molecule has 0 spiro atoms. The molecule has 1 aliphatic heterocycles. The van der Waals surface area contributed by atoms with Gasteiger partial charge in [-0.25, -0.2) is 9.78 Å². The zero-order chi connectivity index (χ0) is 12.4. The van der Waals surface area contributed by atoms with E-state index in [0.29, 0.717) is 12.4 Å². The SMILES string of the molecule is Nc1c(C(=O)O)ccnc1N1CCC(CO)C1. The maximum Gasteiger partial charge on any atom is 0.337 e. The Labute approximate surface area is 98.7 Å². The van der Waals surface area contributed by atoms with Gasteiger partial charge in [-0.3, -0.25) is 0 Å². The average molecular weight is 237 g/mol. The van der Waals surface area contributed by atoms with Gasteiger partial charge in [-0.15, -0.1) is 0 Å². The molecule has 1 atom stereocenters. The molecule has 92 valence electrons. The van der Waals surface area contributed by atoms with Gasteiger partial charge in [0.05, 0.1) is 11.3 Å². The van der Waals surface area contributed by atoms with Crippen LogP contribution in [0.5, 0.6) is 0 Å². The molecule has 17 heavy (non-hydrogen) atoms. The highest BCUT2D eigenvalue weighted by Gasteiger charge is 2.25. The molecule has 0 radical (unpaired) electrons. The van der Waals surface area contributed by atoms with E-state index in [1.165, 1.54) is 12.3 Å². The van der Waals surface area contributed by atoms with Crippen molar-refractivity contribution < 1.29 is 15.0 Å². The van der Waals surface area contributed by atoms with E-state index in [9.17, 15) is 4.79 Å². The zero-order valence-electron chi connectivity index (χ0n) is 9.33. The van der Waals surface area contributed by atoms with Crippen molar-refractivity contribution >= 4 is 17.5 Å². The number of aromatic nitrogens is 1. The van der Waals surface area contributed by atoms with E-state index >= 15 is 0 Å². The maximum atomic E-state index is 10.9. The van der Waals surface area contributed by atoms with E-state index in [1.54, 1.807) is 0 Å². The van der Waals surface area contributed by atoms with Crippen molar-refractivity contribution in [2.24, 2.45) is 5.92 Å². The first-order chi connectivity index (χ1) is 8.13. The second-order valence-electron chi connectivity index (χ2n) is 4.18. The zero-order valence-corrected chi connectivity index (χ0v) is 9.33. The lowest BCUT2D eigenvalue weighted by Gasteiger charge is -2.19. The molecule has 0 saturated carbocycles. The second kappa shape index (κ2) is 4.58. The molecule has 2 heterocycles. The number of nitrogens with two attached hydrogens (primary N) is 1. The molecule has 6 heteroatoms. The molecule has 1 aromatic heterocycles. The van der Waals surface area contributed by atoms with Gasteiger partial charge in [0, 0.05) is 31.8 Å². The van der Waals surface area contributed by atoms with Crippen molar-refractivity contribution in [3.63, 3.8) is 0 Å². The molecular formula is C11H15N3O3. The van der Waals surface area contributed by atoms with Crippen molar-refractivity contribution in [2.75, 3.05) is 30.3 Å². The Hall–Kier alpha value is -1.82. The summed E-state index contributed by atoms with van der Waals surface area (Å²) in [5, 5.41) is 18.0. The summed E-state index contributed by atoms with van der Waals surface area (Å²) in [5.74, 6) is -0.338. The lowest BCUT2D eigenvalue weighted by atomic mass is 10.1. The number of hydrogen-bond donors (Lipinski definition) is 3. The van der Waals surface area contributed by atoms with Crippen LogP contribution in [0.4, 0.5) is 11.5 Å². The van der Waals surface area contributed by atoms with Crippen LogP contribution in [0.3, 0.4) is 0 Å². The standard InChI is InChI=1S/C11H15N3O3/c12-9-8(11(16)17)1-3-13-10(9)14-4-2-7(5-14)6-15/h1,3,7,15H,2,4-6,12H2,(H,16,17). The van der Waals surface area contributed by atoms with Crippen LogP contribution in [-0.2, 0) is 0 Å². The number of carboxylic acid groups (broad SMARTS) is 1. The molecule has 2 rings (SSSR count). The molecule has 1 saturated heterocycles. The molecule has 1 aromatic rings. The van der Waals surface area contributed by atoms with Gasteiger partial charge in [0.15, 0.2) is 5.82 Å². The summed E-state index contributed by atoms with van der Waals surface area (Å²) in [6.45, 7) is 1.54. The summed E-state index contributed by atoms with van der Waals surface area (Å²) in [5.41, 5.74) is 6.07. The fourth-order valence-corrected chi connectivity index (χ4v) is 2.07. The number of anilines is 2. The topological polar surface area (TPSA) is 99.7 Å². The van der Waals surface area contributed by atoms with Crippen LogP contribution in [0.1, 0.15) is 16.8 Å². The number of hydrogen-bond acceptors (Lipinski definition) is 5. The fraction of sp³-hybridized carbons (Fsp3) is 0.455. The molecule has 1 fully saturated rings. The predicted molar refractivity (Wildman–Crippen MR) is 63.0 cm³/mol. The smallest absolute Gasteiger partial charge is 0.337 e. The number of rotatable bonds is 3. The average Bonchev–Trinajstić information content (AvgIpc) is 2.77. The number of carboxylic acids is 1. The monoisotopic (exact) mass is 237 g/mol. The summed E-state index contributed by atoms with van der Waals surface area (Å²) < 4.78 is 0. The van der Waals surface area contributed by atoms with Gasteiger partial charge in [-0.05, 0) is 12.5 Å². The minimum absolute atomic E-state index is 0.0717. The van der Waals surface area contributed by atoms with Crippen molar-refractivity contribution in [3.05, 3.63) is 17.8 Å². The third kappa shape index (κ3) is 2.16. The summed E-state index contributed by atoms with van der Waals surface area (Å²) >= 11 is 0. The van der Waals surface area contributed by atoms with Crippen LogP contribution in [0, 0.1) is 5.92 Å². The fourth-order valence-electron chi connectivity index (χ4n) is 2.07. The Morgan fingerprint density at radius 3 is 3.00 bits per heavy atom. The van der Waals surface area contributed by atoms with Crippen LogP contribution in [0.2, 0.25) is 0 Å². The van der Waals surface area contributed by atoms with E-state index in [0.717, 1.165) is 13.0 Å². The van der Waals surface area contributed by atoms with Gasteiger partial charge in [0.1, 0.15) is 0 Å².